The Labute approximate surface area is 180 Å². The van der Waals surface area contributed by atoms with E-state index in [1.165, 1.54) is 16.8 Å². The number of halogens is 1. The number of nitrogens with zero attached hydrogens (tertiary/aromatic N) is 2. The number of rotatable bonds is 7. The van der Waals surface area contributed by atoms with E-state index >= 15 is 0 Å². The van der Waals surface area contributed by atoms with Crippen molar-refractivity contribution in [2.24, 2.45) is 5.10 Å². The first kappa shape index (κ1) is 21.5. The molecule has 0 spiro atoms. The van der Waals surface area contributed by atoms with Crippen LogP contribution in [-0.2, 0) is 16.6 Å². The van der Waals surface area contributed by atoms with E-state index in [0.717, 1.165) is 11.1 Å². The van der Waals surface area contributed by atoms with Crippen LogP contribution in [0.5, 0.6) is 0 Å². The third-order valence-corrected chi connectivity index (χ3v) is 5.63. The van der Waals surface area contributed by atoms with Gasteiger partial charge in [0.15, 0.2) is 0 Å². The molecule has 0 heterocycles. The van der Waals surface area contributed by atoms with Crippen molar-refractivity contribution in [1.29, 1.82) is 0 Å². The zero-order chi connectivity index (χ0) is 21.6. The molecule has 0 saturated heterocycles. The van der Waals surface area contributed by atoms with Gasteiger partial charge < -0.3 is 0 Å². The standard InChI is InChI=1S/C22H20ClN3O3S/c1-30(28,29)26(21-5-3-2-4-6-21)16-18-7-11-19(12-8-18)22(27)25-24-15-17-9-13-20(23)14-10-17/h2-15H,16H2,1H3,(H,25,27)/b24-15-. The first-order valence-corrected chi connectivity index (χ1v) is 11.3. The van der Waals surface area contributed by atoms with Gasteiger partial charge >= 0.3 is 0 Å². The summed E-state index contributed by atoms with van der Waals surface area (Å²) in [5.41, 5.74) is 5.02. The SMILES string of the molecule is CS(=O)(=O)N(Cc1ccc(C(=O)N/N=C\c2ccc(Cl)cc2)cc1)c1ccccc1. The lowest BCUT2D eigenvalue weighted by atomic mass is 10.1. The van der Waals surface area contributed by atoms with Gasteiger partial charge in [0.1, 0.15) is 0 Å². The Morgan fingerprint density at radius 1 is 1.00 bits per heavy atom. The molecule has 30 heavy (non-hydrogen) atoms. The topological polar surface area (TPSA) is 78.8 Å². The molecule has 6 nitrogen and oxygen atoms in total. The highest BCUT2D eigenvalue weighted by Gasteiger charge is 2.17. The number of benzene rings is 3. The smallest absolute Gasteiger partial charge is 0.267 e. The van der Waals surface area contributed by atoms with E-state index in [2.05, 4.69) is 10.5 Å². The zero-order valence-corrected chi connectivity index (χ0v) is 17.8. The number of hydrazone groups is 1. The van der Waals surface area contributed by atoms with Gasteiger partial charge in [0.05, 0.1) is 24.7 Å². The van der Waals surface area contributed by atoms with Crippen molar-refractivity contribution in [2.45, 2.75) is 6.54 Å². The number of para-hydroxylation sites is 1. The minimum absolute atomic E-state index is 0.166. The van der Waals surface area contributed by atoms with Crippen molar-refractivity contribution < 1.29 is 13.2 Å². The van der Waals surface area contributed by atoms with Crippen LogP contribution in [0.4, 0.5) is 5.69 Å². The van der Waals surface area contributed by atoms with Crippen LogP contribution in [0.3, 0.4) is 0 Å². The van der Waals surface area contributed by atoms with Crippen molar-refractivity contribution in [1.82, 2.24) is 5.43 Å². The first-order chi connectivity index (χ1) is 14.3. The molecule has 3 rings (SSSR count). The zero-order valence-electron chi connectivity index (χ0n) is 16.2. The molecule has 0 aromatic heterocycles. The maximum absolute atomic E-state index is 12.3. The quantitative estimate of drug-likeness (QED) is 0.443. The Bertz CT molecular complexity index is 1130. The van der Waals surface area contributed by atoms with Gasteiger partial charge in [-0.05, 0) is 47.5 Å². The summed E-state index contributed by atoms with van der Waals surface area (Å²) in [6.07, 6.45) is 2.69. The number of carbonyl (C=O) groups excluding carboxylic acids is 1. The van der Waals surface area contributed by atoms with E-state index < -0.39 is 10.0 Å². The Morgan fingerprint density at radius 3 is 2.23 bits per heavy atom. The summed E-state index contributed by atoms with van der Waals surface area (Å²) < 4.78 is 25.7. The Morgan fingerprint density at radius 2 is 1.63 bits per heavy atom. The van der Waals surface area contributed by atoms with Gasteiger partial charge in [0, 0.05) is 10.6 Å². The van der Waals surface area contributed by atoms with E-state index in [4.69, 9.17) is 11.6 Å². The molecule has 0 bridgehead atoms. The normalized spacial score (nSPS) is 11.4. The average Bonchev–Trinajstić information content (AvgIpc) is 2.73. The summed E-state index contributed by atoms with van der Waals surface area (Å²) in [6.45, 7) is 0.166. The van der Waals surface area contributed by atoms with Crippen molar-refractivity contribution in [3.8, 4) is 0 Å². The van der Waals surface area contributed by atoms with Gasteiger partial charge in [-0.2, -0.15) is 5.10 Å². The molecular weight excluding hydrogens is 422 g/mol. The number of amides is 1. The summed E-state index contributed by atoms with van der Waals surface area (Å²) >= 11 is 5.83. The molecule has 0 atom stereocenters. The van der Waals surface area contributed by atoms with Crippen LogP contribution in [0.1, 0.15) is 21.5 Å². The molecule has 1 amide bonds. The molecule has 1 N–H and O–H groups in total. The van der Waals surface area contributed by atoms with Gasteiger partial charge in [-0.15, -0.1) is 0 Å². The predicted octanol–water partition coefficient (Wildman–Crippen LogP) is 4.07. The van der Waals surface area contributed by atoms with Gasteiger partial charge in [0.25, 0.3) is 5.91 Å². The fourth-order valence-electron chi connectivity index (χ4n) is 2.70. The monoisotopic (exact) mass is 441 g/mol. The summed E-state index contributed by atoms with van der Waals surface area (Å²) in [5, 5.41) is 4.56. The van der Waals surface area contributed by atoms with Crippen LogP contribution in [0.15, 0.2) is 84.0 Å². The highest BCUT2D eigenvalue weighted by Crippen LogP contribution is 2.20. The van der Waals surface area contributed by atoms with Crippen molar-refractivity contribution in [3.05, 3.63) is 101 Å². The predicted molar refractivity (Wildman–Crippen MR) is 120 cm³/mol. The molecule has 0 unspecified atom stereocenters. The van der Waals surface area contributed by atoms with E-state index in [1.807, 2.05) is 6.07 Å². The molecule has 3 aromatic carbocycles. The van der Waals surface area contributed by atoms with Crippen molar-refractivity contribution >= 4 is 39.4 Å². The van der Waals surface area contributed by atoms with Crippen molar-refractivity contribution in [2.75, 3.05) is 10.6 Å². The second-order valence-corrected chi connectivity index (χ2v) is 8.90. The first-order valence-electron chi connectivity index (χ1n) is 9.03. The summed E-state index contributed by atoms with van der Waals surface area (Å²) in [7, 11) is -3.46. The second kappa shape index (κ2) is 9.56. The lowest BCUT2D eigenvalue weighted by Crippen LogP contribution is -2.29. The van der Waals surface area contributed by atoms with Crippen molar-refractivity contribution in [3.63, 3.8) is 0 Å². The molecule has 0 aliphatic rings. The molecular formula is C22H20ClN3O3S. The Balaban J connectivity index is 1.66. The van der Waals surface area contributed by atoms with E-state index in [0.29, 0.717) is 16.3 Å². The largest absolute Gasteiger partial charge is 0.271 e. The Hall–Kier alpha value is -3.16. The number of sulfonamides is 1. The highest BCUT2D eigenvalue weighted by molar-refractivity contribution is 7.92. The fourth-order valence-corrected chi connectivity index (χ4v) is 3.71. The molecule has 0 radical (unpaired) electrons. The number of nitrogens with one attached hydrogen (secondary N) is 1. The third kappa shape index (κ3) is 5.92. The minimum atomic E-state index is -3.46. The van der Waals surface area contributed by atoms with E-state index in [-0.39, 0.29) is 12.5 Å². The molecule has 3 aromatic rings. The molecule has 8 heteroatoms. The molecule has 0 fully saturated rings. The minimum Gasteiger partial charge on any atom is -0.267 e. The second-order valence-electron chi connectivity index (χ2n) is 6.55. The Kier molecular flexibility index (Phi) is 6.87. The molecule has 154 valence electrons. The molecule has 0 saturated carbocycles. The van der Waals surface area contributed by atoms with Crippen LogP contribution in [0, 0.1) is 0 Å². The lowest BCUT2D eigenvalue weighted by Gasteiger charge is -2.22. The van der Waals surface area contributed by atoms with Crippen LogP contribution in [0.25, 0.3) is 0 Å². The molecule has 0 aliphatic carbocycles. The van der Waals surface area contributed by atoms with E-state index in [9.17, 15) is 13.2 Å². The maximum atomic E-state index is 12.3. The number of hydrogen-bond acceptors (Lipinski definition) is 4. The van der Waals surface area contributed by atoms with Gasteiger partial charge in [0.2, 0.25) is 10.0 Å². The van der Waals surface area contributed by atoms with Gasteiger partial charge in [-0.3, -0.25) is 9.10 Å². The van der Waals surface area contributed by atoms with Crippen LogP contribution < -0.4 is 9.73 Å². The third-order valence-electron chi connectivity index (χ3n) is 4.24. The van der Waals surface area contributed by atoms with Gasteiger partial charge in [-0.25, -0.2) is 13.8 Å². The van der Waals surface area contributed by atoms with Crippen LogP contribution in [-0.4, -0.2) is 26.8 Å². The molecule has 0 aliphatic heterocycles. The maximum Gasteiger partial charge on any atom is 0.271 e. The number of carbonyl (C=O) groups is 1. The number of hydrogen-bond donors (Lipinski definition) is 1. The summed E-state index contributed by atoms with van der Waals surface area (Å²) in [4.78, 5) is 12.3. The average molecular weight is 442 g/mol. The van der Waals surface area contributed by atoms with Crippen LogP contribution in [0.2, 0.25) is 5.02 Å². The summed E-state index contributed by atoms with van der Waals surface area (Å²) in [6, 6.07) is 22.6. The summed E-state index contributed by atoms with van der Waals surface area (Å²) in [5.74, 6) is -0.366. The van der Waals surface area contributed by atoms with Crippen LogP contribution >= 0.6 is 11.6 Å². The highest BCUT2D eigenvalue weighted by atomic mass is 35.5. The van der Waals surface area contributed by atoms with E-state index in [1.54, 1.807) is 72.8 Å². The van der Waals surface area contributed by atoms with Gasteiger partial charge in [-0.1, -0.05) is 54.1 Å². The lowest BCUT2D eigenvalue weighted by molar-refractivity contribution is 0.0955. The number of anilines is 1. The fraction of sp³-hybridized carbons (Fsp3) is 0.0909.